The standard InChI is InChI=1S/C41H49Cl2N5O7/c1-6-23(3)34(48-40(53)55-21-25-11-9-8-10-12-25)37(50)44-22-41(16-15-31-29(20-41)28-17-26(42)18-30(43)36(28)46-31)39(52)47-35(24(4)7-2)38(51)45-27-13-14-32(49)33(19-27)54-5/h8-14,17-19,23-24,34-35,46,49H,6-7,15-16,20-22H2,1-5H3,(H,44,50)(H,45,51)(H,47,52)(H,48,53)/t23?,24?,34-,35-,41+/m0/s1. The van der Waals surface area contributed by atoms with Gasteiger partial charge in [0, 0.05) is 34.4 Å². The Morgan fingerprint density at radius 1 is 0.927 bits per heavy atom. The topological polar surface area (TPSA) is 171 Å². The van der Waals surface area contributed by atoms with Crippen molar-refractivity contribution >= 4 is 63.6 Å². The van der Waals surface area contributed by atoms with Crippen LogP contribution in [0, 0.1) is 17.3 Å². The molecule has 5 atom stereocenters. The highest BCUT2D eigenvalue weighted by Gasteiger charge is 2.45. The number of anilines is 1. The predicted molar refractivity (Wildman–Crippen MR) is 213 cm³/mol. The van der Waals surface area contributed by atoms with Crippen LogP contribution in [0.25, 0.3) is 10.9 Å². The maximum Gasteiger partial charge on any atom is 0.408 e. The Morgan fingerprint density at radius 2 is 1.62 bits per heavy atom. The van der Waals surface area contributed by atoms with Crippen molar-refractivity contribution in [3.8, 4) is 11.5 Å². The molecule has 1 aromatic heterocycles. The maximum absolute atomic E-state index is 14.8. The molecule has 0 saturated carbocycles. The summed E-state index contributed by atoms with van der Waals surface area (Å²) in [4.78, 5) is 58.9. The number of hydrogen-bond acceptors (Lipinski definition) is 7. The zero-order valence-corrected chi connectivity index (χ0v) is 33.2. The van der Waals surface area contributed by atoms with Gasteiger partial charge in [-0.3, -0.25) is 14.4 Å². The minimum Gasteiger partial charge on any atom is -0.504 e. The Labute approximate surface area is 331 Å². The SMILES string of the molecule is CCC(C)[C@H](NC(=O)OCc1ccccc1)C(=O)NC[C@@]1(C(=O)N[C@H](C(=O)Nc2ccc(O)c(OC)c2)C(C)CC)CCc2[nH]c3c(Cl)cc(Cl)cc3c2C1. The molecule has 4 aromatic rings. The number of nitrogens with one attached hydrogen (secondary N) is 5. The minimum absolute atomic E-state index is 0.0387. The summed E-state index contributed by atoms with van der Waals surface area (Å²) in [5.41, 5.74) is 2.42. The van der Waals surface area contributed by atoms with E-state index in [0.29, 0.717) is 46.9 Å². The number of hydrogen-bond donors (Lipinski definition) is 6. The molecule has 1 aliphatic carbocycles. The number of amides is 4. The number of ether oxygens (including phenoxy) is 2. The van der Waals surface area contributed by atoms with Crippen molar-refractivity contribution in [3.05, 3.63) is 87.5 Å². The quantitative estimate of drug-likeness (QED) is 0.0687. The van der Waals surface area contributed by atoms with Crippen LogP contribution in [0.3, 0.4) is 0 Å². The average Bonchev–Trinajstić information content (AvgIpc) is 3.55. The van der Waals surface area contributed by atoms with E-state index in [1.54, 1.807) is 12.1 Å². The number of benzene rings is 3. The van der Waals surface area contributed by atoms with E-state index in [9.17, 15) is 24.3 Å². The summed E-state index contributed by atoms with van der Waals surface area (Å²) in [7, 11) is 1.41. The lowest BCUT2D eigenvalue weighted by Gasteiger charge is -2.38. The van der Waals surface area contributed by atoms with E-state index in [2.05, 4.69) is 26.3 Å². The van der Waals surface area contributed by atoms with Crippen LogP contribution in [0.1, 0.15) is 63.8 Å². The molecule has 0 saturated heterocycles. The third kappa shape index (κ3) is 9.66. The summed E-state index contributed by atoms with van der Waals surface area (Å²) >= 11 is 13.0. The number of carbonyl (C=O) groups excluding carboxylic acids is 4. The number of methoxy groups -OCH3 is 1. The second-order valence-corrected chi connectivity index (χ2v) is 15.2. The van der Waals surface area contributed by atoms with E-state index in [1.807, 2.05) is 58.0 Å². The molecule has 4 amide bonds. The monoisotopic (exact) mass is 793 g/mol. The van der Waals surface area contributed by atoms with E-state index in [1.165, 1.54) is 25.3 Å². The molecule has 14 heteroatoms. The molecule has 0 spiro atoms. The number of carbonyl (C=O) groups is 4. The second kappa shape index (κ2) is 18.1. The number of rotatable bonds is 15. The van der Waals surface area contributed by atoms with Gasteiger partial charge in [0.15, 0.2) is 11.5 Å². The molecular formula is C41H49Cl2N5O7. The molecule has 1 heterocycles. The van der Waals surface area contributed by atoms with Crippen molar-refractivity contribution in [2.75, 3.05) is 19.0 Å². The fourth-order valence-electron chi connectivity index (χ4n) is 6.89. The van der Waals surface area contributed by atoms with Crippen molar-refractivity contribution in [1.29, 1.82) is 0 Å². The fraction of sp³-hybridized carbons (Fsp3) is 0.415. The highest BCUT2D eigenvalue weighted by atomic mass is 35.5. The van der Waals surface area contributed by atoms with Gasteiger partial charge in [0.25, 0.3) is 0 Å². The molecule has 12 nitrogen and oxygen atoms in total. The summed E-state index contributed by atoms with van der Waals surface area (Å²) < 4.78 is 10.6. The summed E-state index contributed by atoms with van der Waals surface area (Å²) in [5, 5.41) is 23.3. The van der Waals surface area contributed by atoms with Crippen LogP contribution in [0.4, 0.5) is 10.5 Å². The van der Waals surface area contributed by atoms with Gasteiger partial charge in [-0.2, -0.15) is 0 Å². The van der Waals surface area contributed by atoms with Gasteiger partial charge in [0.2, 0.25) is 17.7 Å². The highest BCUT2D eigenvalue weighted by Crippen LogP contribution is 2.42. The number of phenols is 1. The van der Waals surface area contributed by atoms with Gasteiger partial charge in [-0.25, -0.2) is 4.79 Å². The molecule has 0 radical (unpaired) electrons. The molecule has 2 unspecified atom stereocenters. The number of aromatic amines is 1. The van der Waals surface area contributed by atoms with Crippen molar-refractivity contribution < 1.29 is 33.8 Å². The summed E-state index contributed by atoms with van der Waals surface area (Å²) in [6.45, 7) is 7.53. The molecule has 0 fully saturated rings. The number of aryl methyl sites for hydroxylation is 1. The highest BCUT2D eigenvalue weighted by molar-refractivity contribution is 6.38. The van der Waals surface area contributed by atoms with Crippen LogP contribution in [0.15, 0.2) is 60.7 Å². The zero-order chi connectivity index (χ0) is 39.9. The first-order valence-corrected chi connectivity index (χ1v) is 19.3. The summed E-state index contributed by atoms with van der Waals surface area (Å²) in [6, 6.07) is 15.2. The van der Waals surface area contributed by atoms with E-state index < -0.39 is 41.3 Å². The molecule has 0 aliphatic heterocycles. The number of aromatic nitrogens is 1. The normalized spacial score (nSPS) is 17.2. The smallest absolute Gasteiger partial charge is 0.408 e. The van der Waals surface area contributed by atoms with Crippen molar-refractivity contribution in [2.45, 2.75) is 78.5 Å². The Kier molecular flexibility index (Phi) is 13.6. The molecule has 6 N–H and O–H groups in total. The van der Waals surface area contributed by atoms with Crippen LogP contribution >= 0.6 is 23.2 Å². The Bertz CT molecular complexity index is 2020. The first-order valence-electron chi connectivity index (χ1n) is 18.5. The van der Waals surface area contributed by atoms with Crippen molar-refractivity contribution in [1.82, 2.24) is 20.9 Å². The summed E-state index contributed by atoms with van der Waals surface area (Å²) in [5.74, 6) is -1.77. The molecule has 1 aliphatic rings. The summed E-state index contributed by atoms with van der Waals surface area (Å²) in [6.07, 6.45) is 1.41. The molecule has 55 heavy (non-hydrogen) atoms. The van der Waals surface area contributed by atoms with Gasteiger partial charge in [-0.15, -0.1) is 0 Å². The zero-order valence-electron chi connectivity index (χ0n) is 31.7. The molecular weight excluding hydrogens is 745 g/mol. The largest absolute Gasteiger partial charge is 0.504 e. The number of fused-ring (bicyclic) bond motifs is 3. The lowest BCUT2D eigenvalue weighted by Crippen LogP contribution is -2.58. The minimum atomic E-state index is -1.21. The van der Waals surface area contributed by atoms with Crippen molar-refractivity contribution in [2.24, 2.45) is 17.3 Å². The fourth-order valence-corrected chi connectivity index (χ4v) is 7.43. The van der Waals surface area contributed by atoms with Gasteiger partial charge in [-0.05, 0) is 66.5 Å². The molecule has 294 valence electrons. The third-order valence-corrected chi connectivity index (χ3v) is 11.2. The van der Waals surface area contributed by atoms with Crippen LogP contribution < -0.4 is 26.0 Å². The van der Waals surface area contributed by atoms with Gasteiger partial charge in [0.05, 0.1) is 23.1 Å². The lowest BCUT2D eigenvalue weighted by molar-refractivity contribution is -0.136. The Morgan fingerprint density at radius 3 is 2.29 bits per heavy atom. The average molecular weight is 795 g/mol. The van der Waals surface area contributed by atoms with Crippen molar-refractivity contribution in [3.63, 3.8) is 0 Å². The predicted octanol–water partition coefficient (Wildman–Crippen LogP) is 7.29. The first kappa shape index (κ1) is 41.2. The Hall–Kier alpha value is -4.94. The van der Waals surface area contributed by atoms with E-state index in [-0.39, 0.29) is 42.9 Å². The Balaban J connectivity index is 1.42. The molecule has 3 aromatic carbocycles. The number of H-pyrrole nitrogens is 1. The number of halogens is 2. The number of phenolic OH excluding ortho intramolecular Hbond substituents is 1. The molecule has 0 bridgehead atoms. The van der Waals surface area contributed by atoms with E-state index in [0.717, 1.165) is 22.2 Å². The van der Waals surface area contributed by atoms with Crippen LogP contribution in [-0.2, 0) is 38.6 Å². The lowest BCUT2D eigenvalue weighted by atomic mass is 9.71. The van der Waals surface area contributed by atoms with Gasteiger partial charge >= 0.3 is 6.09 Å². The van der Waals surface area contributed by atoms with Crippen LogP contribution in [0.5, 0.6) is 11.5 Å². The van der Waals surface area contributed by atoms with Crippen LogP contribution in [0.2, 0.25) is 10.0 Å². The van der Waals surface area contributed by atoms with Crippen LogP contribution in [-0.4, -0.2) is 59.6 Å². The molecule has 5 rings (SSSR count). The third-order valence-electron chi connectivity index (χ3n) is 10.7. The van der Waals surface area contributed by atoms with Gasteiger partial charge in [0.1, 0.15) is 18.7 Å². The number of alkyl carbamates (subject to hydrolysis) is 1. The first-order chi connectivity index (χ1) is 26.3. The second-order valence-electron chi connectivity index (χ2n) is 14.3. The maximum atomic E-state index is 14.8. The van der Waals surface area contributed by atoms with E-state index >= 15 is 0 Å². The van der Waals surface area contributed by atoms with Gasteiger partial charge in [-0.1, -0.05) is 94.1 Å². The van der Waals surface area contributed by atoms with Gasteiger partial charge < -0.3 is 40.8 Å². The number of aromatic hydroxyl groups is 1. The van der Waals surface area contributed by atoms with E-state index in [4.69, 9.17) is 32.7 Å².